The van der Waals surface area contributed by atoms with Gasteiger partial charge in [0.1, 0.15) is 5.82 Å². The van der Waals surface area contributed by atoms with Crippen LogP contribution >= 0.6 is 0 Å². The van der Waals surface area contributed by atoms with Crippen molar-refractivity contribution in [1.82, 2.24) is 4.98 Å². The van der Waals surface area contributed by atoms with E-state index in [1.165, 1.54) is 0 Å². The number of hydrogen-bond donors (Lipinski definition) is 1. The molecular formula is C19H19N3O3. The van der Waals surface area contributed by atoms with Crippen LogP contribution in [0.25, 0.3) is 10.9 Å². The zero-order valence-corrected chi connectivity index (χ0v) is 14.3. The molecule has 0 aliphatic heterocycles. The molecule has 0 atom stereocenters. The van der Waals surface area contributed by atoms with Crippen molar-refractivity contribution in [1.29, 1.82) is 0 Å². The number of anilines is 1. The van der Waals surface area contributed by atoms with Crippen molar-refractivity contribution in [2.24, 2.45) is 5.10 Å². The summed E-state index contributed by atoms with van der Waals surface area (Å²) in [4.78, 5) is 4.51. The van der Waals surface area contributed by atoms with Crippen molar-refractivity contribution in [2.75, 3.05) is 26.8 Å². The van der Waals surface area contributed by atoms with Gasteiger partial charge in [0, 0.05) is 10.9 Å². The van der Waals surface area contributed by atoms with Crippen molar-refractivity contribution >= 4 is 22.9 Å². The van der Waals surface area contributed by atoms with Crippen molar-refractivity contribution < 1.29 is 14.2 Å². The van der Waals surface area contributed by atoms with Gasteiger partial charge in [0.25, 0.3) is 0 Å². The van der Waals surface area contributed by atoms with Crippen molar-refractivity contribution in [2.45, 2.75) is 0 Å². The van der Waals surface area contributed by atoms with Crippen LogP contribution in [0, 0.1) is 0 Å². The van der Waals surface area contributed by atoms with Crippen LogP contribution in [-0.4, -0.2) is 32.5 Å². The Balaban J connectivity index is 1.81. The van der Waals surface area contributed by atoms with Gasteiger partial charge in [-0.25, -0.2) is 4.98 Å². The maximum atomic E-state index is 5.33. The minimum atomic E-state index is 0.548. The van der Waals surface area contributed by atoms with Gasteiger partial charge in [-0.1, -0.05) is 18.2 Å². The number of rotatable bonds is 6. The predicted octanol–water partition coefficient (Wildman–Crippen LogP) is 3.71. The number of nitrogens with one attached hydrogen (secondary N) is 1. The van der Waals surface area contributed by atoms with Gasteiger partial charge >= 0.3 is 0 Å². The summed E-state index contributed by atoms with van der Waals surface area (Å²) in [7, 11) is 4.73. The number of nitrogens with zero attached hydrogens (tertiary/aromatic N) is 2. The van der Waals surface area contributed by atoms with Crippen molar-refractivity contribution in [3.63, 3.8) is 0 Å². The Labute approximate surface area is 146 Å². The summed E-state index contributed by atoms with van der Waals surface area (Å²) in [6.07, 6.45) is 1.67. The van der Waals surface area contributed by atoms with E-state index in [9.17, 15) is 0 Å². The molecule has 1 N–H and O–H groups in total. The second-order valence-corrected chi connectivity index (χ2v) is 5.22. The number of hydrogen-bond acceptors (Lipinski definition) is 6. The molecule has 1 aromatic heterocycles. The fraction of sp³-hybridized carbons (Fsp3) is 0.158. The highest BCUT2D eigenvalue weighted by Crippen LogP contribution is 2.37. The molecule has 1 heterocycles. The molecule has 0 aliphatic rings. The van der Waals surface area contributed by atoms with Crippen LogP contribution in [0.1, 0.15) is 5.56 Å². The molecule has 0 saturated carbocycles. The van der Waals surface area contributed by atoms with E-state index in [4.69, 9.17) is 14.2 Å². The van der Waals surface area contributed by atoms with Gasteiger partial charge in [0.15, 0.2) is 11.5 Å². The smallest absolute Gasteiger partial charge is 0.203 e. The van der Waals surface area contributed by atoms with E-state index < -0.39 is 0 Å². The van der Waals surface area contributed by atoms with E-state index in [2.05, 4.69) is 15.5 Å². The summed E-state index contributed by atoms with van der Waals surface area (Å²) < 4.78 is 16.0. The average Bonchev–Trinajstić information content (AvgIpc) is 2.67. The van der Waals surface area contributed by atoms with Gasteiger partial charge in [-0.2, -0.15) is 5.10 Å². The van der Waals surface area contributed by atoms with Crippen LogP contribution in [0.15, 0.2) is 53.6 Å². The SMILES string of the molecule is COc1cc(/C=N/Nc2ccc3ccccc3n2)cc(OC)c1OC. The lowest BCUT2D eigenvalue weighted by molar-refractivity contribution is 0.324. The third-order valence-electron chi connectivity index (χ3n) is 3.68. The van der Waals surface area contributed by atoms with Gasteiger partial charge in [-0.15, -0.1) is 0 Å². The van der Waals surface area contributed by atoms with Crippen LogP contribution < -0.4 is 19.6 Å². The van der Waals surface area contributed by atoms with Crippen LogP contribution in [-0.2, 0) is 0 Å². The molecule has 0 fully saturated rings. The van der Waals surface area contributed by atoms with Crippen LogP contribution in [0.5, 0.6) is 17.2 Å². The maximum Gasteiger partial charge on any atom is 0.203 e. The molecule has 128 valence electrons. The summed E-state index contributed by atoms with van der Waals surface area (Å²) in [6.45, 7) is 0. The molecule has 2 aromatic carbocycles. The van der Waals surface area contributed by atoms with E-state index in [1.807, 2.05) is 48.5 Å². The molecule has 0 radical (unpaired) electrons. The Morgan fingerprint density at radius 2 is 1.64 bits per heavy atom. The van der Waals surface area contributed by atoms with E-state index in [1.54, 1.807) is 27.5 Å². The Morgan fingerprint density at radius 3 is 2.32 bits per heavy atom. The number of fused-ring (bicyclic) bond motifs is 1. The summed E-state index contributed by atoms with van der Waals surface area (Å²) in [5, 5.41) is 5.32. The molecule has 0 bridgehead atoms. The Hall–Kier alpha value is -3.28. The number of pyridine rings is 1. The zero-order valence-electron chi connectivity index (χ0n) is 14.3. The third-order valence-corrected chi connectivity index (χ3v) is 3.68. The molecule has 0 unspecified atom stereocenters. The number of hydrazone groups is 1. The van der Waals surface area contributed by atoms with Crippen LogP contribution in [0.2, 0.25) is 0 Å². The molecule has 0 amide bonds. The minimum Gasteiger partial charge on any atom is -0.493 e. The highest BCUT2D eigenvalue weighted by atomic mass is 16.5. The zero-order chi connectivity index (χ0) is 17.6. The van der Waals surface area contributed by atoms with Gasteiger partial charge in [-0.05, 0) is 30.3 Å². The first-order valence-electron chi connectivity index (χ1n) is 7.70. The van der Waals surface area contributed by atoms with Crippen molar-refractivity contribution in [3.05, 3.63) is 54.1 Å². The average molecular weight is 337 g/mol. The first-order valence-corrected chi connectivity index (χ1v) is 7.70. The molecule has 6 nitrogen and oxygen atoms in total. The lowest BCUT2D eigenvalue weighted by atomic mass is 10.2. The van der Waals surface area contributed by atoms with E-state index >= 15 is 0 Å². The summed E-state index contributed by atoms with van der Waals surface area (Å²) >= 11 is 0. The molecule has 3 rings (SSSR count). The van der Waals surface area contributed by atoms with Gasteiger partial charge in [0.05, 0.1) is 33.1 Å². The number of para-hydroxylation sites is 1. The topological polar surface area (TPSA) is 65.0 Å². The first kappa shape index (κ1) is 16.6. The number of aromatic nitrogens is 1. The van der Waals surface area contributed by atoms with Gasteiger partial charge < -0.3 is 14.2 Å². The second-order valence-electron chi connectivity index (χ2n) is 5.22. The number of methoxy groups -OCH3 is 3. The highest BCUT2D eigenvalue weighted by Gasteiger charge is 2.12. The monoisotopic (exact) mass is 337 g/mol. The first-order chi connectivity index (χ1) is 12.2. The predicted molar refractivity (Wildman–Crippen MR) is 99.1 cm³/mol. The van der Waals surface area contributed by atoms with Gasteiger partial charge in [0.2, 0.25) is 5.75 Å². The molecule has 0 aliphatic carbocycles. The number of ether oxygens (including phenoxy) is 3. The molecule has 6 heteroatoms. The Bertz CT molecular complexity index is 884. The molecular weight excluding hydrogens is 318 g/mol. The fourth-order valence-electron chi connectivity index (χ4n) is 2.48. The van der Waals surface area contributed by atoms with Crippen LogP contribution in [0.4, 0.5) is 5.82 Å². The Morgan fingerprint density at radius 1 is 0.920 bits per heavy atom. The number of benzene rings is 2. The molecule has 3 aromatic rings. The lowest BCUT2D eigenvalue weighted by Gasteiger charge is -2.12. The normalized spacial score (nSPS) is 10.8. The quantitative estimate of drug-likeness (QED) is 0.549. The molecule has 25 heavy (non-hydrogen) atoms. The van der Waals surface area contributed by atoms with Crippen molar-refractivity contribution in [3.8, 4) is 17.2 Å². The second kappa shape index (κ2) is 7.53. The third kappa shape index (κ3) is 3.63. The summed E-state index contributed by atoms with van der Waals surface area (Å²) in [6, 6.07) is 15.4. The van der Waals surface area contributed by atoms with Gasteiger partial charge in [-0.3, -0.25) is 5.43 Å². The minimum absolute atomic E-state index is 0.548. The largest absolute Gasteiger partial charge is 0.493 e. The summed E-state index contributed by atoms with van der Waals surface area (Å²) in [5.74, 6) is 2.37. The lowest BCUT2D eigenvalue weighted by Crippen LogP contribution is -1.98. The van der Waals surface area contributed by atoms with E-state index in [0.29, 0.717) is 23.1 Å². The molecule has 0 spiro atoms. The standard InChI is InChI=1S/C19H19N3O3/c1-23-16-10-13(11-17(24-2)19(16)25-3)12-20-22-18-9-8-14-6-4-5-7-15(14)21-18/h4-12H,1-3H3,(H,21,22)/b20-12+. The van der Waals surface area contributed by atoms with E-state index in [-0.39, 0.29) is 0 Å². The molecule has 0 saturated heterocycles. The highest BCUT2D eigenvalue weighted by molar-refractivity contribution is 5.83. The fourth-order valence-corrected chi connectivity index (χ4v) is 2.48. The van der Waals surface area contributed by atoms with E-state index in [0.717, 1.165) is 16.5 Å². The Kier molecular flexibility index (Phi) is 4.99. The maximum absolute atomic E-state index is 5.33. The summed E-state index contributed by atoms with van der Waals surface area (Å²) in [5.41, 5.74) is 4.65. The van der Waals surface area contributed by atoms with Crippen LogP contribution in [0.3, 0.4) is 0 Å².